The molecular formula is C24H24FN5O4. The third-order valence-corrected chi connectivity index (χ3v) is 6.39. The predicted molar refractivity (Wildman–Crippen MR) is 124 cm³/mol. The maximum atomic E-state index is 15.1. The lowest BCUT2D eigenvalue weighted by Crippen LogP contribution is -2.54. The van der Waals surface area contributed by atoms with E-state index in [1.165, 1.54) is 16.0 Å². The summed E-state index contributed by atoms with van der Waals surface area (Å²) in [4.78, 5) is 47.1. The van der Waals surface area contributed by atoms with Crippen LogP contribution in [-0.2, 0) is 9.53 Å². The van der Waals surface area contributed by atoms with E-state index in [1.807, 2.05) is 18.2 Å². The molecule has 2 aromatic carbocycles. The largest absolute Gasteiger partial charge is 0.423 e. The van der Waals surface area contributed by atoms with Gasteiger partial charge in [-0.15, -0.1) is 0 Å². The minimum absolute atomic E-state index is 0.0109. The van der Waals surface area contributed by atoms with Crippen LogP contribution in [-0.4, -0.2) is 86.2 Å². The summed E-state index contributed by atoms with van der Waals surface area (Å²) < 4.78 is 20.5. The number of hydrogen-bond donors (Lipinski definition) is 0. The Morgan fingerprint density at radius 2 is 1.91 bits per heavy atom. The van der Waals surface area contributed by atoms with Gasteiger partial charge in [-0.3, -0.25) is 19.4 Å². The molecule has 3 aliphatic heterocycles. The third kappa shape index (κ3) is 4.01. The van der Waals surface area contributed by atoms with Gasteiger partial charge in [0.25, 0.3) is 5.91 Å². The van der Waals surface area contributed by atoms with Crippen LogP contribution in [0.2, 0.25) is 0 Å². The van der Waals surface area contributed by atoms with Crippen molar-refractivity contribution < 1.29 is 23.5 Å². The highest BCUT2D eigenvalue weighted by molar-refractivity contribution is 6.15. The molecule has 2 unspecified atom stereocenters. The van der Waals surface area contributed by atoms with Crippen molar-refractivity contribution in [2.45, 2.75) is 12.5 Å². The summed E-state index contributed by atoms with van der Waals surface area (Å²) in [6, 6.07) is 14.3. The van der Waals surface area contributed by atoms with Crippen molar-refractivity contribution >= 4 is 35.5 Å². The quantitative estimate of drug-likeness (QED) is 0.629. The predicted octanol–water partition coefficient (Wildman–Crippen LogP) is 2.12. The first-order valence-electron chi connectivity index (χ1n) is 11.1. The second-order valence-corrected chi connectivity index (χ2v) is 8.45. The zero-order valence-corrected chi connectivity index (χ0v) is 18.6. The van der Waals surface area contributed by atoms with Crippen LogP contribution in [0.15, 0.2) is 53.5 Å². The van der Waals surface area contributed by atoms with Crippen molar-refractivity contribution in [3.8, 4) is 0 Å². The summed E-state index contributed by atoms with van der Waals surface area (Å²) in [5, 5.41) is 0. The van der Waals surface area contributed by atoms with E-state index in [2.05, 4.69) is 4.99 Å². The fraction of sp³-hybridized carbons (Fsp3) is 0.333. The van der Waals surface area contributed by atoms with Crippen LogP contribution in [0.4, 0.5) is 20.6 Å². The topological polar surface area (TPSA) is 85.8 Å². The molecule has 3 amide bonds. The summed E-state index contributed by atoms with van der Waals surface area (Å²) >= 11 is 0. The average Bonchev–Trinajstić information content (AvgIpc) is 3.42. The van der Waals surface area contributed by atoms with Gasteiger partial charge in [-0.2, -0.15) is 0 Å². The van der Waals surface area contributed by atoms with Crippen LogP contribution in [0.1, 0.15) is 15.9 Å². The van der Waals surface area contributed by atoms with Gasteiger partial charge in [0.15, 0.2) is 12.5 Å². The van der Waals surface area contributed by atoms with Gasteiger partial charge in [0.1, 0.15) is 0 Å². The Kier molecular flexibility index (Phi) is 5.74. The molecule has 5 rings (SSSR count). The summed E-state index contributed by atoms with van der Waals surface area (Å²) in [5.74, 6) is -0.579. The van der Waals surface area contributed by atoms with Gasteiger partial charge >= 0.3 is 6.09 Å². The monoisotopic (exact) mass is 465 g/mol. The number of amides is 3. The van der Waals surface area contributed by atoms with Crippen molar-refractivity contribution in [1.82, 2.24) is 9.80 Å². The number of carbonyl (C=O) groups excluding carboxylic acids is 3. The number of fused-ring (bicyclic) bond motifs is 1. The molecule has 0 aromatic heterocycles. The molecule has 2 fully saturated rings. The minimum atomic E-state index is -1.35. The van der Waals surface area contributed by atoms with E-state index in [4.69, 9.17) is 4.74 Å². The second kappa shape index (κ2) is 8.86. The van der Waals surface area contributed by atoms with Gasteiger partial charge in [0, 0.05) is 49.8 Å². The highest BCUT2D eigenvalue weighted by Gasteiger charge is 2.38. The average molecular weight is 465 g/mol. The van der Waals surface area contributed by atoms with Crippen molar-refractivity contribution in [3.63, 3.8) is 0 Å². The highest BCUT2D eigenvalue weighted by atomic mass is 19.1. The number of benzene rings is 2. The van der Waals surface area contributed by atoms with E-state index in [0.717, 1.165) is 0 Å². The van der Waals surface area contributed by atoms with E-state index >= 15 is 4.39 Å². The molecule has 0 aliphatic carbocycles. The molecule has 0 saturated carbocycles. The van der Waals surface area contributed by atoms with E-state index in [0.29, 0.717) is 35.6 Å². The Balaban J connectivity index is 1.19. The van der Waals surface area contributed by atoms with Gasteiger partial charge in [-0.05, 0) is 24.3 Å². The molecule has 176 valence electrons. The zero-order valence-electron chi connectivity index (χ0n) is 18.6. The van der Waals surface area contributed by atoms with Crippen LogP contribution in [0.3, 0.4) is 0 Å². The van der Waals surface area contributed by atoms with E-state index < -0.39 is 18.6 Å². The van der Waals surface area contributed by atoms with Crippen molar-refractivity contribution in [2.75, 3.05) is 49.6 Å². The van der Waals surface area contributed by atoms with Crippen LogP contribution in [0, 0.1) is 0 Å². The Hall–Kier alpha value is -3.79. The molecule has 0 radical (unpaired) electrons. The standard InChI is InChI=1S/C24H24FN5O4/c1-27(22-15-30(24(33)34-22)16-6-3-2-4-7-16)21(31)14-28-10-11-29(20(25)13-28)19-9-5-8-17-18(19)12-26-23(17)32/h2-9,12,20,22H,10-11,13-15H2,1H3. The number of hydrogen-bond acceptors (Lipinski definition) is 6. The van der Waals surface area contributed by atoms with E-state index in [-0.39, 0.29) is 31.4 Å². The fourth-order valence-electron chi connectivity index (χ4n) is 4.46. The van der Waals surface area contributed by atoms with E-state index in [9.17, 15) is 14.4 Å². The SMILES string of the molecule is CN(C(=O)CN1CCN(c2cccc3c2C=NC3=O)C(F)C1)C1CN(c2ccccc2)C(=O)O1. The van der Waals surface area contributed by atoms with Gasteiger partial charge in [0.2, 0.25) is 5.91 Å². The van der Waals surface area contributed by atoms with Crippen LogP contribution in [0.25, 0.3) is 0 Å². The number of nitrogens with zero attached hydrogens (tertiary/aromatic N) is 5. The number of likely N-dealkylation sites (N-methyl/N-ethyl adjacent to an activating group) is 1. The second-order valence-electron chi connectivity index (χ2n) is 8.45. The number of cyclic esters (lactones) is 1. The van der Waals surface area contributed by atoms with Crippen LogP contribution in [0.5, 0.6) is 0 Å². The number of piperazine rings is 1. The molecule has 2 saturated heterocycles. The Bertz CT molecular complexity index is 1160. The number of carbonyl (C=O) groups is 3. The number of alkyl halides is 1. The van der Waals surface area contributed by atoms with Gasteiger partial charge in [-0.1, -0.05) is 24.3 Å². The first-order chi connectivity index (χ1) is 16.4. The first kappa shape index (κ1) is 22.0. The summed E-state index contributed by atoms with van der Waals surface area (Å²) in [5.41, 5.74) is 2.43. The number of para-hydroxylation sites is 1. The molecule has 34 heavy (non-hydrogen) atoms. The van der Waals surface area contributed by atoms with Crippen molar-refractivity contribution in [3.05, 3.63) is 59.7 Å². The Morgan fingerprint density at radius 3 is 2.68 bits per heavy atom. The first-order valence-corrected chi connectivity index (χ1v) is 11.1. The zero-order chi connectivity index (χ0) is 23.8. The van der Waals surface area contributed by atoms with Gasteiger partial charge in [0.05, 0.1) is 18.7 Å². The number of ether oxygens (including phenoxy) is 1. The van der Waals surface area contributed by atoms with Crippen LogP contribution < -0.4 is 9.80 Å². The highest BCUT2D eigenvalue weighted by Crippen LogP contribution is 2.30. The summed E-state index contributed by atoms with van der Waals surface area (Å²) in [7, 11) is 1.58. The van der Waals surface area contributed by atoms with Gasteiger partial charge < -0.3 is 14.5 Å². The van der Waals surface area contributed by atoms with Crippen molar-refractivity contribution in [1.29, 1.82) is 0 Å². The number of halogens is 1. The molecule has 3 aliphatic rings. The third-order valence-electron chi connectivity index (χ3n) is 6.39. The minimum Gasteiger partial charge on any atom is -0.423 e. The summed E-state index contributed by atoms with van der Waals surface area (Å²) in [6.07, 6.45) is -1.09. The maximum absolute atomic E-state index is 15.1. The lowest BCUT2D eigenvalue weighted by Gasteiger charge is -2.39. The fourth-order valence-corrected chi connectivity index (χ4v) is 4.46. The van der Waals surface area contributed by atoms with Crippen LogP contribution >= 0.6 is 0 Å². The molecule has 2 aromatic rings. The Labute approximate surface area is 196 Å². The molecule has 0 bridgehead atoms. The molecule has 3 heterocycles. The molecular weight excluding hydrogens is 441 g/mol. The summed E-state index contributed by atoms with van der Waals surface area (Å²) in [6.45, 7) is 1.10. The lowest BCUT2D eigenvalue weighted by molar-refractivity contribution is -0.138. The lowest BCUT2D eigenvalue weighted by atomic mass is 10.1. The molecule has 0 spiro atoms. The smallest absolute Gasteiger partial charge is 0.416 e. The molecule has 0 N–H and O–H groups in total. The normalized spacial score (nSPS) is 22.2. The number of anilines is 2. The van der Waals surface area contributed by atoms with E-state index in [1.54, 1.807) is 47.2 Å². The molecule has 9 nitrogen and oxygen atoms in total. The number of aliphatic imine (C=N–C) groups is 1. The van der Waals surface area contributed by atoms with Crippen molar-refractivity contribution in [2.24, 2.45) is 4.99 Å². The maximum Gasteiger partial charge on any atom is 0.416 e. The molecule has 10 heteroatoms. The molecule has 2 atom stereocenters. The Morgan fingerprint density at radius 1 is 1.12 bits per heavy atom. The number of rotatable bonds is 5. The van der Waals surface area contributed by atoms with Gasteiger partial charge in [-0.25, -0.2) is 14.2 Å².